The monoisotopic (exact) mass is 360 g/mol. The van der Waals surface area contributed by atoms with Crippen LogP contribution in [0.4, 0.5) is 0 Å². The van der Waals surface area contributed by atoms with Gasteiger partial charge in [0.15, 0.2) is 0 Å². The fraction of sp³-hybridized carbons (Fsp3) is 0.278. The molecule has 1 heterocycles. The van der Waals surface area contributed by atoms with Gasteiger partial charge < -0.3 is 4.74 Å². The lowest BCUT2D eigenvalue weighted by atomic mass is 10.2. The van der Waals surface area contributed by atoms with Crippen LogP contribution in [0.15, 0.2) is 65.6 Å². The van der Waals surface area contributed by atoms with Crippen molar-refractivity contribution in [2.45, 2.75) is 30.4 Å². The standard InChI is InChI=1S/C18H20N2O4S/c21-18(24-14-15-8-3-1-4-9-15)17-12-7-13-20(17)19-25(22,23)16-10-5-2-6-11-16/h1-6,8-11,17,19H,7,12-14H2. The largest absolute Gasteiger partial charge is 0.460 e. The summed E-state index contributed by atoms with van der Waals surface area (Å²) in [6, 6.07) is 16.9. The number of esters is 1. The van der Waals surface area contributed by atoms with E-state index in [0.29, 0.717) is 13.0 Å². The van der Waals surface area contributed by atoms with Gasteiger partial charge in [-0.15, -0.1) is 4.83 Å². The van der Waals surface area contributed by atoms with Crippen molar-refractivity contribution in [1.82, 2.24) is 9.84 Å². The van der Waals surface area contributed by atoms with Gasteiger partial charge in [-0.2, -0.15) is 0 Å². The Morgan fingerprint density at radius 2 is 1.72 bits per heavy atom. The van der Waals surface area contributed by atoms with Gasteiger partial charge in [0.2, 0.25) is 0 Å². The predicted molar refractivity (Wildman–Crippen MR) is 92.7 cm³/mol. The lowest BCUT2D eigenvalue weighted by Gasteiger charge is -2.23. The first-order valence-electron chi connectivity index (χ1n) is 8.11. The fourth-order valence-corrected chi connectivity index (χ4v) is 3.90. The quantitative estimate of drug-likeness (QED) is 0.799. The molecule has 3 rings (SSSR count). The molecule has 0 bridgehead atoms. The highest BCUT2D eigenvalue weighted by Crippen LogP contribution is 2.19. The van der Waals surface area contributed by atoms with Crippen LogP contribution < -0.4 is 4.83 Å². The minimum absolute atomic E-state index is 0.165. The number of nitrogens with one attached hydrogen (secondary N) is 1. The van der Waals surface area contributed by atoms with E-state index in [9.17, 15) is 13.2 Å². The van der Waals surface area contributed by atoms with Crippen molar-refractivity contribution in [1.29, 1.82) is 0 Å². The lowest BCUT2D eigenvalue weighted by molar-refractivity contribution is -0.150. The molecule has 0 spiro atoms. The molecule has 1 aliphatic heterocycles. The molecule has 1 aliphatic rings. The Bertz CT molecular complexity index is 809. The van der Waals surface area contributed by atoms with Gasteiger partial charge in [0.05, 0.1) is 4.90 Å². The number of ether oxygens (including phenoxy) is 1. The fourth-order valence-electron chi connectivity index (χ4n) is 2.75. The van der Waals surface area contributed by atoms with Crippen LogP contribution in [0.25, 0.3) is 0 Å². The van der Waals surface area contributed by atoms with Crippen LogP contribution in [0.1, 0.15) is 18.4 Å². The molecule has 25 heavy (non-hydrogen) atoms. The summed E-state index contributed by atoms with van der Waals surface area (Å²) < 4.78 is 30.2. The van der Waals surface area contributed by atoms with Crippen molar-refractivity contribution in [3.63, 3.8) is 0 Å². The summed E-state index contributed by atoms with van der Waals surface area (Å²) in [5.74, 6) is -0.419. The van der Waals surface area contributed by atoms with Gasteiger partial charge in [0, 0.05) is 6.54 Å². The minimum Gasteiger partial charge on any atom is -0.460 e. The molecule has 1 saturated heterocycles. The maximum absolute atomic E-state index is 12.4. The van der Waals surface area contributed by atoms with Crippen molar-refractivity contribution in [3.8, 4) is 0 Å². The predicted octanol–water partition coefficient (Wildman–Crippen LogP) is 2.09. The van der Waals surface area contributed by atoms with Gasteiger partial charge in [-0.3, -0.25) is 4.79 Å². The maximum atomic E-state index is 12.4. The van der Waals surface area contributed by atoms with E-state index in [2.05, 4.69) is 4.83 Å². The molecule has 0 amide bonds. The third-order valence-corrected chi connectivity index (χ3v) is 5.41. The maximum Gasteiger partial charge on any atom is 0.325 e. The molecule has 7 heteroatoms. The first kappa shape index (κ1) is 17.6. The Hall–Kier alpha value is -2.22. The van der Waals surface area contributed by atoms with Crippen LogP contribution in [0.5, 0.6) is 0 Å². The molecule has 1 fully saturated rings. The number of rotatable bonds is 6. The van der Waals surface area contributed by atoms with Crippen molar-refractivity contribution in [2.75, 3.05) is 6.54 Å². The summed E-state index contributed by atoms with van der Waals surface area (Å²) in [6.07, 6.45) is 1.29. The van der Waals surface area contributed by atoms with E-state index in [4.69, 9.17) is 4.74 Å². The van der Waals surface area contributed by atoms with Gasteiger partial charge in [0.1, 0.15) is 12.6 Å². The molecular formula is C18H20N2O4S. The van der Waals surface area contributed by atoms with Crippen molar-refractivity contribution in [3.05, 3.63) is 66.2 Å². The number of nitrogens with zero attached hydrogens (tertiary/aromatic N) is 1. The van der Waals surface area contributed by atoms with Gasteiger partial charge in [0.25, 0.3) is 10.0 Å². The third kappa shape index (κ3) is 4.45. The number of hydrazine groups is 1. The van der Waals surface area contributed by atoms with E-state index < -0.39 is 22.0 Å². The minimum atomic E-state index is -3.71. The molecule has 0 radical (unpaired) electrons. The number of carbonyl (C=O) groups excluding carboxylic acids is 1. The molecule has 132 valence electrons. The second-order valence-corrected chi connectivity index (χ2v) is 7.51. The summed E-state index contributed by atoms with van der Waals surface area (Å²) in [4.78, 5) is 15.0. The van der Waals surface area contributed by atoms with Crippen molar-refractivity contribution < 1.29 is 17.9 Å². The van der Waals surface area contributed by atoms with Gasteiger partial charge in [-0.25, -0.2) is 13.4 Å². The van der Waals surface area contributed by atoms with Crippen LogP contribution in [0.2, 0.25) is 0 Å². The molecule has 0 saturated carbocycles. The average Bonchev–Trinajstić information content (AvgIpc) is 3.09. The van der Waals surface area contributed by atoms with Gasteiger partial charge >= 0.3 is 5.97 Å². The summed E-state index contributed by atoms with van der Waals surface area (Å²) >= 11 is 0. The Morgan fingerprint density at radius 3 is 2.40 bits per heavy atom. The van der Waals surface area contributed by atoms with Crippen LogP contribution >= 0.6 is 0 Å². The average molecular weight is 360 g/mol. The van der Waals surface area contributed by atoms with E-state index >= 15 is 0 Å². The molecule has 0 aromatic heterocycles. The zero-order valence-corrected chi connectivity index (χ0v) is 14.5. The molecule has 2 aromatic carbocycles. The van der Waals surface area contributed by atoms with Crippen LogP contribution in [-0.4, -0.2) is 32.0 Å². The van der Waals surface area contributed by atoms with E-state index in [1.165, 1.54) is 17.1 Å². The second kappa shape index (κ2) is 7.77. The van der Waals surface area contributed by atoms with Crippen LogP contribution in [-0.2, 0) is 26.2 Å². The first-order valence-corrected chi connectivity index (χ1v) is 9.59. The Kier molecular flexibility index (Phi) is 5.47. The molecule has 1 N–H and O–H groups in total. The normalized spacial score (nSPS) is 18.2. The number of benzene rings is 2. The summed E-state index contributed by atoms with van der Waals surface area (Å²) in [6.45, 7) is 0.645. The van der Waals surface area contributed by atoms with Gasteiger partial charge in [-0.1, -0.05) is 48.5 Å². The summed E-state index contributed by atoms with van der Waals surface area (Å²) in [5.41, 5.74) is 0.894. The van der Waals surface area contributed by atoms with Gasteiger partial charge in [-0.05, 0) is 30.5 Å². The molecule has 2 aromatic rings. The highest BCUT2D eigenvalue weighted by molar-refractivity contribution is 7.89. The van der Waals surface area contributed by atoms with Crippen molar-refractivity contribution >= 4 is 16.0 Å². The highest BCUT2D eigenvalue weighted by Gasteiger charge is 2.34. The van der Waals surface area contributed by atoms with E-state index in [0.717, 1.165) is 12.0 Å². The third-order valence-electron chi connectivity index (χ3n) is 4.04. The number of carbonyl (C=O) groups is 1. The molecule has 1 unspecified atom stereocenters. The highest BCUT2D eigenvalue weighted by atomic mass is 32.2. The Balaban J connectivity index is 1.63. The smallest absolute Gasteiger partial charge is 0.325 e. The topological polar surface area (TPSA) is 75.7 Å². The van der Waals surface area contributed by atoms with Crippen LogP contribution in [0.3, 0.4) is 0 Å². The summed E-state index contributed by atoms with van der Waals surface area (Å²) in [5, 5.41) is 1.45. The Morgan fingerprint density at radius 1 is 1.08 bits per heavy atom. The zero-order valence-electron chi connectivity index (χ0n) is 13.7. The van der Waals surface area contributed by atoms with E-state index in [1.54, 1.807) is 18.2 Å². The molecule has 1 atom stereocenters. The van der Waals surface area contributed by atoms with Crippen LogP contribution in [0, 0.1) is 0 Å². The van der Waals surface area contributed by atoms with Crippen molar-refractivity contribution in [2.24, 2.45) is 0 Å². The summed E-state index contributed by atoms with van der Waals surface area (Å²) in [7, 11) is -3.71. The number of hydrogen-bond acceptors (Lipinski definition) is 5. The van der Waals surface area contributed by atoms with E-state index in [1.807, 2.05) is 30.3 Å². The lowest BCUT2D eigenvalue weighted by Crippen LogP contribution is -2.48. The zero-order chi connectivity index (χ0) is 17.7. The number of sulfonamides is 1. The second-order valence-electron chi connectivity index (χ2n) is 5.85. The Labute approximate surface area is 147 Å². The SMILES string of the molecule is O=C(OCc1ccccc1)C1CCCN1NS(=O)(=O)c1ccccc1. The molecule has 0 aliphatic carbocycles. The van der Waals surface area contributed by atoms with E-state index in [-0.39, 0.29) is 11.5 Å². The molecular weight excluding hydrogens is 340 g/mol. The number of hydrogen-bond donors (Lipinski definition) is 1. The first-order chi connectivity index (χ1) is 12.1. The molecule has 6 nitrogen and oxygen atoms in total.